The number of piperazine rings is 1. The van der Waals surface area contributed by atoms with Gasteiger partial charge in [0, 0.05) is 75.1 Å². The molecule has 2 unspecified atom stereocenters. The molecule has 0 spiro atoms. The van der Waals surface area contributed by atoms with Crippen LogP contribution in [-0.4, -0.2) is 91.2 Å². The number of anilines is 3. The number of benzene rings is 1. The van der Waals surface area contributed by atoms with E-state index in [2.05, 4.69) is 39.3 Å². The van der Waals surface area contributed by atoms with Crippen LogP contribution >= 0.6 is 0 Å². The second-order valence-electron chi connectivity index (χ2n) is 11.6. The van der Waals surface area contributed by atoms with E-state index in [4.69, 9.17) is 0 Å². The second kappa shape index (κ2) is 12.7. The summed E-state index contributed by atoms with van der Waals surface area (Å²) in [6.45, 7) is 6.02. The van der Waals surface area contributed by atoms with Crippen molar-refractivity contribution in [1.82, 2.24) is 20.2 Å². The monoisotopic (exact) mass is 599 g/mol. The molecule has 1 aromatic heterocycles. The van der Waals surface area contributed by atoms with Crippen molar-refractivity contribution in [2.75, 3.05) is 54.9 Å². The SMILES string of the molecule is C[C@@H]1CN(c2cc(F)c(C3=CCN(c4ncc(C=O)cn4)CC3)cc2NC(=O)C2CNC(=O)CC2C(F)F)C[C@H](C)N1C. The highest BCUT2D eigenvalue weighted by Crippen LogP contribution is 2.37. The molecule has 43 heavy (non-hydrogen) atoms. The lowest BCUT2D eigenvalue weighted by Gasteiger charge is -2.44. The molecule has 10 nitrogen and oxygen atoms in total. The smallest absolute Gasteiger partial charge is 0.242 e. The number of halogens is 3. The minimum Gasteiger partial charge on any atom is -0.367 e. The Hall–Kier alpha value is -4.00. The van der Waals surface area contributed by atoms with E-state index < -0.39 is 42.3 Å². The van der Waals surface area contributed by atoms with E-state index in [0.717, 1.165) is 5.57 Å². The number of piperidine rings is 1. The molecular weight excluding hydrogens is 563 g/mol. The molecule has 0 saturated carbocycles. The summed E-state index contributed by atoms with van der Waals surface area (Å²) in [5.74, 6) is -3.68. The van der Waals surface area contributed by atoms with E-state index >= 15 is 4.39 Å². The van der Waals surface area contributed by atoms with Gasteiger partial charge in [-0.2, -0.15) is 0 Å². The Morgan fingerprint density at radius 2 is 1.84 bits per heavy atom. The van der Waals surface area contributed by atoms with Crippen LogP contribution in [0.25, 0.3) is 5.57 Å². The number of carbonyl (C=O) groups excluding carboxylic acids is 3. The number of carbonyl (C=O) groups is 3. The third-order valence-electron chi connectivity index (χ3n) is 8.79. The maximum absolute atomic E-state index is 15.8. The summed E-state index contributed by atoms with van der Waals surface area (Å²) in [6.07, 6.45) is 2.62. The van der Waals surface area contributed by atoms with Gasteiger partial charge in [0.2, 0.25) is 24.2 Å². The fraction of sp³-hybridized carbons (Fsp3) is 0.500. The highest BCUT2D eigenvalue weighted by molar-refractivity contribution is 5.98. The van der Waals surface area contributed by atoms with Crippen LogP contribution in [0.1, 0.15) is 42.6 Å². The largest absolute Gasteiger partial charge is 0.367 e. The van der Waals surface area contributed by atoms with Gasteiger partial charge in [0.25, 0.3) is 0 Å². The summed E-state index contributed by atoms with van der Waals surface area (Å²) >= 11 is 0. The third-order valence-corrected chi connectivity index (χ3v) is 8.79. The molecule has 13 heteroatoms. The molecule has 230 valence electrons. The van der Waals surface area contributed by atoms with Crippen LogP contribution in [0.3, 0.4) is 0 Å². The fourth-order valence-electron chi connectivity index (χ4n) is 6.00. The first kappa shape index (κ1) is 30.5. The first-order valence-corrected chi connectivity index (χ1v) is 14.4. The normalized spacial score (nSPS) is 24.9. The lowest BCUT2D eigenvalue weighted by molar-refractivity contribution is -0.133. The zero-order valence-electron chi connectivity index (χ0n) is 24.4. The summed E-state index contributed by atoms with van der Waals surface area (Å²) in [6, 6.07) is 3.31. The number of likely N-dealkylation sites (N-methyl/N-ethyl adjacent to an activating group) is 1. The number of aromatic nitrogens is 2. The summed E-state index contributed by atoms with van der Waals surface area (Å²) in [7, 11) is 2.03. The Morgan fingerprint density at radius 3 is 2.44 bits per heavy atom. The molecule has 4 heterocycles. The summed E-state index contributed by atoms with van der Waals surface area (Å²) in [4.78, 5) is 50.8. The minimum atomic E-state index is -2.83. The van der Waals surface area contributed by atoms with Gasteiger partial charge in [0.1, 0.15) is 5.82 Å². The Balaban J connectivity index is 1.45. The predicted molar refractivity (Wildman–Crippen MR) is 157 cm³/mol. The van der Waals surface area contributed by atoms with E-state index in [0.29, 0.717) is 67.3 Å². The number of nitrogens with one attached hydrogen (secondary N) is 2. The van der Waals surface area contributed by atoms with Crippen molar-refractivity contribution in [2.24, 2.45) is 11.8 Å². The minimum absolute atomic E-state index is 0.154. The quantitative estimate of drug-likeness (QED) is 0.467. The maximum Gasteiger partial charge on any atom is 0.242 e. The summed E-state index contributed by atoms with van der Waals surface area (Å²) in [5, 5.41) is 5.36. The van der Waals surface area contributed by atoms with Crippen molar-refractivity contribution in [3.05, 3.63) is 47.5 Å². The molecule has 2 fully saturated rings. The van der Waals surface area contributed by atoms with Crippen LogP contribution in [0.15, 0.2) is 30.6 Å². The molecule has 3 aliphatic heterocycles. The second-order valence-corrected chi connectivity index (χ2v) is 11.6. The van der Waals surface area contributed by atoms with Crippen LogP contribution in [0, 0.1) is 17.7 Å². The Bertz CT molecular complexity index is 1390. The lowest BCUT2D eigenvalue weighted by atomic mass is 9.85. The number of hydrogen-bond donors (Lipinski definition) is 2. The van der Waals surface area contributed by atoms with Crippen LogP contribution in [-0.2, 0) is 9.59 Å². The topological polar surface area (TPSA) is 111 Å². The summed E-state index contributed by atoms with van der Waals surface area (Å²) in [5.41, 5.74) is 2.24. The lowest BCUT2D eigenvalue weighted by Crippen LogP contribution is -2.55. The van der Waals surface area contributed by atoms with E-state index in [9.17, 15) is 23.2 Å². The van der Waals surface area contributed by atoms with Crippen molar-refractivity contribution < 1.29 is 27.6 Å². The van der Waals surface area contributed by atoms with Crippen molar-refractivity contribution in [3.8, 4) is 0 Å². The van der Waals surface area contributed by atoms with Gasteiger partial charge in [-0.05, 0) is 45.0 Å². The van der Waals surface area contributed by atoms with Gasteiger partial charge < -0.3 is 20.4 Å². The highest BCUT2D eigenvalue weighted by atomic mass is 19.3. The molecule has 3 aliphatic rings. The first-order chi connectivity index (χ1) is 20.5. The highest BCUT2D eigenvalue weighted by Gasteiger charge is 2.40. The van der Waals surface area contributed by atoms with Gasteiger partial charge in [-0.15, -0.1) is 0 Å². The number of alkyl halides is 2. The predicted octanol–water partition coefficient (Wildman–Crippen LogP) is 3.21. The van der Waals surface area contributed by atoms with Gasteiger partial charge in [-0.25, -0.2) is 23.1 Å². The number of aldehydes is 1. The first-order valence-electron chi connectivity index (χ1n) is 14.4. The van der Waals surface area contributed by atoms with Crippen molar-refractivity contribution in [2.45, 2.75) is 45.2 Å². The van der Waals surface area contributed by atoms with Crippen LogP contribution in [0.4, 0.5) is 30.5 Å². The maximum atomic E-state index is 15.8. The van der Waals surface area contributed by atoms with E-state index in [1.165, 1.54) is 18.5 Å². The average molecular weight is 600 g/mol. The van der Waals surface area contributed by atoms with Crippen LogP contribution in [0.2, 0.25) is 0 Å². The standard InChI is InChI=1S/C30H36F3N7O3/c1-17-14-40(15-18(2)38(17)3)26-10-24(31)21(20-4-6-39(7-5-20)30-35-11-19(16-41)12-36-30)8-25(26)37-29(43)23-13-34-27(42)9-22(23)28(32)33/h4,8,10-12,16-18,22-23,28H,5-7,9,13-15H2,1-3H3,(H,34,42)(H,37,43)/t17-,18+,22?,23?. The van der Waals surface area contributed by atoms with Crippen LogP contribution < -0.4 is 20.4 Å². The zero-order chi connectivity index (χ0) is 30.8. The molecule has 4 atom stereocenters. The Labute approximate surface area is 248 Å². The average Bonchev–Trinajstić information content (AvgIpc) is 3.00. The van der Waals surface area contributed by atoms with Gasteiger partial charge in [0.15, 0.2) is 6.29 Å². The molecule has 0 bridgehead atoms. The van der Waals surface area contributed by atoms with E-state index in [-0.39, 0.29) is 18.6 Å². The molecule has 2 amide bonds. The Kier molecular flexibility index (Phi) is 9.00. The molecule has 0 radical (unpaired) electrons. The van der Waals surface area contributed by atoms with Gasteiger partial charge in [0.05, 0.1) is 22.9 Å². The van der Waals surface area contributed by atoms with Crippen molar-refractivity contribution >= 4 is 41.0 Å². The molecule has 2 aromatic rings. The molecule has 2 saturated heterocycles. The van der Waals surface area contributed by atoms with Crippen molar-refractivity contribution in [1.29, 1.82) is 0 Å². The molecule has 2 N–H and O–H groups in total. The molecular formula is C30H36F3N7O3. The van der Waals surface area contributed by atoms with E-state index in [1.807, 2.05) is 22.9 Å². The zero-order valence-corrected chi connectivity index (χ0v) is 24.4. The number of rotatable bonds is 7. The van der Waals surface area contributed by atoms with E-state index in [1.54, 1.807) is 6.07 Å². The molecule has 1 aromatic carbocycles. The molecule has 5 rings (SSSR count). The number of hydrogen-bond acceptors (Lipinski definition) is 8. The van der Waals surface area contributed by atoms with Gasteiger partial charge in [-0.3, -0.25) is 19.3 Å². The number of nitrogens with zero attached hydrogens (tertiary/aromatic N) is 5. The number of amides is 2. The third kappa shape index (κ3) is 6.51. The fourth-order valence-corrected chi connectivity index (χ4v) is 6.00. The van der Waals surface area contributed by atoms with Crippen molar-refractivity contribution in [3.63, 3.8) is 0 Å². The molecule has 0 aliphatic carbocycles. The summed E-state index contributed by atoms with van der Waals surface area (Å²) < 4.78 is 43.5. The van der Waals surface area contributed by atoms with Gasteiger partial charge in [-0.1, -0.05) is 6.08 Å². The van der Waals surface area contributed by atoms with Gasteiger partial charge >= 0.3 is 0 Å². The Morgan fingerprint density at radius 1 is 1.14 bits per heavy atom. The van der Waals surface area contributed by atoms with Crippen LogP contribution in [0.5, 0.6) is 0 Å².